The summed E-state index contributed by atoms with van der Waals surface area (Å²) in [6, 6.07) is 5.28. The molecule has 2 rings (SSSR count). The van der Waals surface area contributed by atoms with Crippen LogP contribution in [-0.4, -0.2) is 39.5 Å². The summed E-state index contributed by atoms with van der Waals surface area (Å²) in [6.07, 6.45) is 2.39. The van der Waals surface area contributed by atoms with Gasteiger partial charge >= 0.3 is 0 Å². The summed E-state index contributed by atoms with van der Waals surface area (Å²) in [5, 5.41) is 0. The zero-order chi connectivity index (χ0) is 14.4. The van der Waals surface area contributed by atoms with E-state index in [0.29, 0.717) is 6.54 Å². The maximum absolute atomic E-state index is 13.4. The van der Waals surface area contributed by atoms with Crippen molar-refractivity contribution >= 4 is 10.0 Å². The number of benzene rings is 1. The smallest absolute Gasteiger partial charge is 0.244 e. The Morgan fingerprint density at radius 1 is 1.20 bits per heavy atom. The molecule has 0 spiro atoms. The summed E-state index contributed by atoms with van der Waals surface area (Å²) in [4.78, 5) is 1.87. The molecule has 0 aliphatic carbocycles. The number of likely N-dealkylation sites (tertiary alicyclic amines) is 1. The minimum absolute atomic E-state index is 0.00942. The number of halogens is 1. The number of sulfonamides is 1. The van der Waals surface area contributed by atoms with Crippen LogP contribution in [0, 0.1) is 17.7 Å². The zero-order valence-electron chi connectivity index (χ0n) is 11.1. The van der Waals surface area contributed by atoms with Crippen LogP contribution in [0.4, 0.5) is 4.39 Å². The molecular weight excluding hydrogens is 279 g/mol. The van der Waals surface area contributed by atoms with E-state index in [9.17, 15) is 12.8 Å². The van der Waals surface area contributed by atoms with Crippen molar-refractivity contribution in [3.63, 3.8) is 0 Å². The summed E-state index contributed by atoms with van der Waals surface area (Å²) in [6.45, 7) is 2.75. The Morgan fingerprint density at radius 3 is 2.60 bits per heavy atom. The number of hydrogen-bond donors (Lipinski definition) is 1. The summed E-state index contributed by atoms with van der Waals surface area (Å²) in [7, 11) is -3.83. The largest absolute Gasteiger partial charge is 0.292 e. The van der Waals surface area contributed by atoms with Crippen molar-refractivity contribution in [1.29, 1.82) is 0 Å². The van der Waals surface area contributed by atoms with Gasteiger partial charge in [-0.25, -0.2) is 12.8 Å². The van der Waals surface area contributed by atoms with Gasteiger partial charge in [-0.1, -0.05) is 24.0 Å². The van der Waals surface area contributed by atoms with Crippen LogP contribution in [0.5, 0.6) is 0 Å². The van der Waals surface area contributed by atoms with Gasteiger partial charge in [-0.15, -0.1) is 0 Å². The first-order valence-electron chi connectivity index (χ1n) is 6.52. The lowest BCUT2D eigenvalue weighted by molar-refractivity contribution is 0.383. The molecule has 1 aromatic carbocycles. The van der Waals surface area contributed by atoms with Crippen LogP contribution in [0.2, 0.25) is 0 Å². The average Bonchev–Trinajstić information content (AvgIpc) is 2.91. The van der Waals surface area contributed by atoms with Gasteiger partial charge in [-0.3, -0.25) is 4.90 Å². The van der Waals surface area contributed by atoms with Gasteiger partial charge in [-0.2, -0.15) is 4.72 Å². The minimum Gasteiger partial charge on any atom is -0.292 e. The van der Waals surface area contributed by atoms with E-state index >= 15 is 0 Å². The highest BCUT2D eigenvalue weighted by Crippen LogP contribution is 2.12. The first-order chi connectivity index (χ1) is 9.59. The monoisotopic (exact) mass is 296 g/mol. The molecule has 1 saturated heterocycles. The van der Waals surface area contributed by atoms with Crippen LogP contribution in [0.1, 0.15) is 12.8 Å². The summed E-state index contributed by atoms with van der Waals surface area (Å²) in [5.74, 6) is 4.92. The second kappa shape index (κ2) is 6.84. The Balaban J connectivity index is 1.87. The second-order valence-corrected chi connectivity index (χ2v) is 6.33. The van der Waals surface area contributed by atoms with Crippen LogP contribution >= 0.6 is 0 Å². The standard InChI is InChI=1S/C14H17FN2O2S/c15-13-7-1-2-8-14(13)20(18,19)16-9-3-4-10-17-11-5-6-12-17/h1-2,7-8,16H,5-6,9-12H2. The molecule has 1 aliphatic heterocycles. The molecule has 1 heterocycles. The third-order valence-corrected chi connectivity index (χ3v) is 4.54. The van der Waals surface area contributed by atoms with E-state index in [1.165, 1.54) is 31.0 Å². The summed E-state index contributed by atoms with van der Waals surface area (Å²) < 4.78 is 39.4. The van der Waals surface area contributed by atoms with Gasteiger partial charge in [0.15, 0.2) is 0 Å². The molecule has 1 fully saturated rings. The van der Waals surface area contributed by atoms with E-state index in [1.54, 1.807) is 0 Å². The number of nitrogens with one attached hydrogen (secondary N) is 1. The molecule has 108 valence electrons. The normalized spacial score (nSPS) is 15.8. The molecule has 0 radical (unpaired) electrons. The van der Waals surface area contributed by atoms with E-state index in [1.807, 2.05) is 0 Å². The Labute approximate surface area is 119 Å². The third-order valence-electron chi connectivity index (χ3n) is 3.10. The molecule has 0 amide bonds. The lowest BCUT2D eigenvalue weighted by Gasteiger charge is -2.08. The average molecular weight is 296 g/mol. The quantitative estimate of drug-likeness (QED) is 0.850. The van der Waals surface area contributed by atoms with E-state index in [-0.39, 0.29) is 11.4 Å². The second-order valence-electron chi connectivity index (χ2n) is 4.59. The molecule has 6 heteroatoms. The molecular formula is C14H17FN2O2S. The van der Waals surface area contributed by atoms with Crippen LogP contribution in [0.15, 0.2) is 29.2 Å². The fraction of sp³-hybridized carbons (Fsp3) is 0.429. The van der Waals surface area contributed by atoms with Crippen LogP contribution in [0.3, 0.4) is 0 Å². The zero-order valence-corrected chi connectivity index (χ0v) is 11.9. The first-order valence-corrected chi connectivity index (χ1v) is 8.00. The van der Waals surface area contributed by atoms with Gasteiger partial charge < -0.3 is 0 Å². The van der Waals surface area contributed by atoms with E-state index in [4.69, 9.17) is 0 Å². The van der Waals surface area contributed by atoms with E-state index < -0.39 is 15.8 Å². The van der Waals surface area contributed by atoms with Crippen molar-refractivity contribution in [3.8, 4) is 11.8 Å². The number of hydrogen-bond acceptors (Lipinski definition) is 3. The fourth-order valence-corrected chi connectivity index (χ4v) is 3.04. The van der Waals surface area contributed by atoms with E-state index in [0.717, 1.165) is 19.2 Å². The van der Waals surface area contributed by atoms with Gasteiger partial charge in [0.05, 0.1) is 13.1 Å². The highest BCUT2D eigenvalue weighted by atomic mass is 32.2. The summed E-state index contributed by atoms with van der Waals surface area (Å²) >= 11 is 0. The highest BCUT2D eigenvalue weighted by molar-refractivity contribution is 7.89. The predicted octanol–water partition coefficient (Wildman–Crippen LogP) is 1.20. The van der Waals surface area contributed by atoms with Gasteiger partial charge in [0, 0.05) is 0 Å². The van der Waals surface area contributed by atoms with E-state index in [2.05, 4.69) is 21.5 Å². The molecule has 1 N–H and O–H groups in total. The SMILES string of the molecule is O=S(=O)(NCC#CCN1CCCC1)c1ccccc1F. The van der Waals surface area contributed by atoms with Crippen LogP contribution in [0.25, 0.3) is 0 Å². The summed E-state index contributed by atoms with van der Waals surface area (Å²) in [5.41, 5.74) is 0. The molecule has 0 unspecified atom stereocenters. The lowest BCUT2D eigenvalue weighted by Crippen LogP contribution is -2.25. The lowest BCUT2D eigenvalue weighted by atomic mass is 10.4. The first kappa shape index (κ1) is 15.0. The van der Waals surface area contributed by atoms with Gasteiger partial charge in [0.1, 0.15) is 10.7 Å². The van der Waals surface area contributed by atoms with Crippen LogP contribution in [-0.2, 0) is 10.0 Å². The van der Waals surface area contributed by atoms with Crippen molar-refractivity contribution in [2.75, 3.05) is 26.2 Å². The van der Waals surface area contributed by atoms with Crippen molar-refractivity contribution < 1.29 is 12.8 Å². The highest BCUT2D eigenvalue weighted by Gasteiger charge is 2.17. The molecule has 4 nitrogen and oxygen atoms in total. The van der Waals surface area contributed by atoms with Crippen molar-refractivity contribution in [3.05, 3.63) is 30.1 Å². The Bertz CT molecular complexity index is 614. The number of rotatable bonds is 4. The Hall–Kier alpha value is -1.42. The van der Waals surface area contributed by atoms with Crippen molar-refractivity contribution in [1.82, 2.24) is 9.62 Å². The molecule has 0 bridgehead atoms. The Morgan fingerprint density at radius 2 is 1.90 bits per heavy atom. The minimum atomic E-state index is -3.83. The molecule has 0 saturated carbocycles. The molecule has 0 atom stereocenters. The maximum Gasteiger partial charge on any atom is 0.244 e. The van der Waals surface area contributed by atoms with Crippen LogP contribution < -0.4 is 4.72 Å². The molecule has 1 aliphatic rings. The Kier molecular flexibility index (Phi) is 5.12. The topological polar surface area (TPSA) is 49.4 Å². The maximum atomic E-state index is 13.4. The van der Waals surface area contributed by atoms with Gasteiger partial charge in [-0.05, 0) is 38.1 Å². The van der Waals surface area contributed by atoms with Crippen molar-refractivity contribution in [2.45, 2.75) is 17.7 Å². The molecule has 1 aromatic rings. The van der Waals surface area contributed by atoms with Crippen molar-refractivity contribution in [2.24, 2.45) is 0 Å². The molecule has 0 aromatic heterocycles. The van der Waals surface area contributed by atoms with Gasteiger partial charge in [0.25, 0.3) is 0 Å². The number of nitrogens with zero attached hydrogens (tertiary/aromatic N) is 1. The third kappa shape index (κ3) is 4.04. The predicted molar refractivity (Wildman–Crippen MR) is 75.0 cm³/mol. The fourth-order valence-electron chi connectivity index (χ4n) is 2.04. The van der Waals surface area contributed by atoms with Gasteiger partial charge in [0.2, 0.25) is 10.0 Å². The molecule has 20 heavy (non-hydrogen) atoms.